The smallest absolute Gasteiger partial charge is 0.0701 e. The minimum absolute atomic E-state index is 0.555. The summed E-state index contributed by atoms with van der Waals surface area (Å²) in [6, 6.07) is 10.5. The highest BCUT2D eigenvalue weighted by Crippen LogP contribution is 2.04. The lowest BCUT2D eigenvalue weighted by Crippen LogP contribution is -2.31. The minimum Gasteiger partial charge on any atom is -0.378 e. The predicted molar refractivity (Wildman–Crippen MR) is 117 cm³/mol. The number of nitrogens with zero attached hydrogens (tertiary/aromatic N) is 1. The molecule has 0 aliphatic carbocycles. The summed E-state index contributed by atoms with van der Waals surface area (Å²) in [6.07, 6.45) is 0. The third-order valence-corrected chi connectivity index (χ3v) is 4.58. The number of ether oxygens (including phenoxy) is 7. The maximum absolute atomic E-state index is 5.74. The summed E-state index contributed by atoms with van der Waals surface area (Å²) in [5.41, 5.74) is 1.28. The van der Waals surface area contributed by atoms with Crippen LogP contribution in [0.5, 0.6) is 0 Å². The second-order valence-corrected chi connectivity index (χ2v) is 7.05. The third kappa shape index (κ3) is 15.4. The molecule has 0 unspecified atom stereocenters. The van der Waals surface area contributed by atoms with E-state index in [0.717, 1.165) is 19.6 Å². The quantitative estimate of drug-likeness (QED) is 0.686. The van der Waals surface area contributed by atoms with Crippen LogP contribution >= 0.6 is 0 Å². The van der Waals surface area contributed by atoms with Crippen LogP contribution in [0.2, 0.25) is 0 Å². The summed E-state index contributed by atoms with van der Waals surface area (Å²) in [7, 11) is 0. The van der Waals surface area contributed by atoms with Crippen molar-refractivity contribution < 1.29 is 33.2 Å². The lowest BCUT2D eigenvalue weighted by atomic mass is 10.2. The summed E-state index contributed by atoms with van der Waals surface area (Å²) < 4.78 is 38.9. The van der Waals surface area contributed by atoms with Gasteiger partial charge in [-0.15, -0.1) is 0 Å². The molecule has 8 nitrogen and oxygen atoms in total. The van der Waals surface area contributed by atoms with Crippen LogP contribution in [-0.4, -0.2) is 110 Å². The monoisotopic (exact) mass is 441 g/mol. The molecule has 1 aromatic rings. The first kappa shape index (κ1) is 26.2. The Kier molecular flexibility index (Phi) is 16.5. The van der Waals surface area contributed by atoms with E-state index in [1.807, 2.05) is 6.07 Å². The van der Waals surface area contributed by atoms with E-state index in [-0.39, 0.29) is 0 Å². The first-order chi connectivity index (χ1) is 15.4. The van der Waals surface area contributed by atoms with Crippen LogP contribution in [-0.2, 0) is 39.7 Å². The lowest BCUT2D eigenvalue weighted by molar-refractivity contribution is -0.0242. The van der Waals surface area contributed by atoms with Gasteiger partial charge in [0.2, 0.25) is 0 Å². The molecule has 1 fully saturated rings. The highest BCUT2D eigenvalue weighted by molar-refractivity contribution is 5.14. The largest absolute Gasteiger partial charge is 0.378 e. The lowest BCUT2D eigenvalue weighted by Gasteiger charge is -2.22. The molecule has 0 atom stereocenters. The van der Waals surface area contributed by atoms with Gasteiger partial charge in [-0.05, 0) is 5.56 Å². The molecule has 0 spiro atoms. The van der Waals surface area contributed by atoms with Crippen molar-refractivity contribution in [1.82, 2.24) is 4.90 Å². The fourth-order valence-electron chi connectivity index (χ4n) is 2.92. The Morgan fingerprint density at radius 3 is 1.13 bits per heavy atom. The molecule has 0 saturated carbocycles. The SMILES string of the molecule is c1ccc(CN2CCOCCOCCOCCOCCOCCOCCOCC2)cc1. The van der Waals surface area contributed by atoms with Crippen LogP contribution in [0.3, 0.4) is 0 Å². The number of hydrogen-bond donors (Lipinski definition) is 0. The average Bonchev–Trinajstić information content (AvgIpc) is 2.79. The average molecular weight is 442 g/mol. The molecule has 1 aliphatic heterocycles. The normalized spacial score (nSPS) is 21.8. The second-order valence-electron chi connectivity index (χ2n) is 7.05. The van der Waals surface area contributed by atoms with Gasteiger partial charge >= 0.3 is 0 Å². The maximum atomic E-state index is 5.74. The van der Waals surface area contributed by atoms with Gasteiger partial charge in [0, 0.05) is 19.6 Å². The van der Waals surface area contributed by atoms with Crippen molar-refractivity contribution in [1.29, 1.82) is 0 Å². The van der Waals surface area contributed by atoms with Crippen LogP contribution in [0, 0.1) is 0 Å². The molecule has 1 heterocycles. The minimum atomic E-state index is 0.555. The number of rotatable bonds is 2. The summed E-state index contributed by atoms with van der Waals surface area (Å²) in [5, 5.41) is 0. The van der Waals surface area contributed by atoms with Gasteiger partial charge in [0.1, 0.15) is 0 Å². The van der Waals surface area contributed by atoms with Gasteiger partial charge in [-0.3, -0.25) is 4.90 Å². The topological polar surface area (TPSA) is 67.9 Å². The first-order valence-electron chi connectivity index (χ1n) is 11.3. The molecule has 1 aliphatic rings. The number of hydrogen-bond acceptors (Lipinski definition) is 8. The van der Waals surface area contributed by atoms with Crippen molar-refractivity contribution in [3.8, 4) is 0 Å². The standard InChI is InChI=1S/C23H39NO7/c1-2-4-23(5-3-1)22-24-6-8-25-10-12-27-14-16-29-18-20-31-21-19-30-17-15-28-13-11-26-9-7-24/h1-5H,6-22H2. The van der Waals surface area contributed by atoms with Gasteiger partial charge < -0.3 is 33.2 Å². The van der Waals surface area contributed by atoms with Crippen LogP contribution in [0.1, 0.15) is 5.56 Å². The van der Waals surface area contributed by atoms with Crippen molar-refractivity contribution >= 4 is 0 Å². The molecule has 178 valence electrons. The number of benzene rings is 1. The summed E-state index contributed by atoms with van der Waals surface area (Å²) >= 11 is 0. The van der Waals surface area contributed by atoms with E-state index in [1.165, 1.54) is 5.56 Å². The Morgan fingerprint density at radius 1 is 0.452 bits per heavy atom. The van der Waals surface area contributed by atoms with Gasteiger partial charge in [-0.1, -0.05) is 30.3 Å². The zero-order valence-corrected chi connectivity index (χ0v) is 18.7. The molecule has 0 radical (unpaired) electrons. The van der Waals surface area contributed by atoms with Crippen LogP contribution in [0.15, 0.2) is 30.3 Å². The van der Waals surface area contributed by atoms with E-state index in [4.69, 9.17) is 33.2 Å². The van der Waals surface area contributed by atoms with Crippen LogP contribution in [0.25, 0.3) is 0 Å². The highest BCUT2D eigenvalue weighted by Gasteiger charge is 2.06. The Balaban J connectivity index is 1.67. The van der Waals surface area contributed by atoms with Gasteiger partial charge in [0.05, 0.1) is 92.5 Å². The van der Waals surface area contributed by atoms with E-state index < -0.39 is 0 Å². The maximum Gasteiger partial charge on any atom is 0.0701 e. The van der Waals surface area contributed by atoms with Crippen molar-refractivity contribution in [2.45, 2.75) is 6.54 Å². The molecule has 0 N–H and O–H groups in total. The molecule has 0 amide bonds. The van der Waals surface area contributed by atoms with Gasteiger partial charge in [-0.25, -0.2) is 0 Å². The molecule has 1 saturated heterocycles. The van der Waals surface area contributed by atoms with E-state index in [9.17, 15) is 0 Å². The first-order valence-corrected chi connectivity index (χ1v) is 11.3. The zero-order valence-electron chi connectivity index (χ0n) is 18.7. The van der Waals surface area contributed by atoms with Gasteiger partial charge in [0.25, 0.3) is 0 Å². The third-order valence-electron chi connectivity index (χ3n) is 4.58. The van der Waals surface area contributed by atoms with E-state index in [0.29, 0.717) is 92.5 Å². The van der Waals surface area contributed by atoms with E-state index in [2.05, 4.69) is 29.2 Å². The zero-order chi connectivity index (χ0) is 21.7. The molecule has 31 heavy (non-hydrogen) atoms. The highest BCUT2D eigenvalue weighted by atomic mass is 16.6. The van der Waals surface area contributed by atoms with Crippen molar-refractivity contribution in [3.63, 3.8) is 0 Å². The molecule has 1 aromatic carbocycles. The van der Waals surface area contributed by atoms with Gasteiger partial charge in [0.15, 0.2) is 0 Å². The summed E-state index contributed by atoms with van der Waals surface area (Å²) in [6.45, 7) is 10.6. The summed E-state index contributed by atoms with van der Waals surface area (Å²) in [5.74, 6) is 0. The molecule has 0 bridgehead atoms. The Bertz CT molecular complexity index is 482. The Hall–Kier alpha value is -1.10. The van der Waals surface area contributed by atoms with Crippen molar-refractivity contribution in [3.05, 3.63) is 35.9 Å². The van der Waals surface area contributed by atoms with Crippen molar-refractivity contribution in [2.75, 3.05) is 106 Å². The fraction of sp³-hybridized carbons (Fsp3) is 0.739. The molecule has 0 aromatic heterocycles. The molecular weight excluding hydrogens is 402 g/mol. The van der Waals surface area contributed by atoms with Gasteiger partial charge in [-0.2, -0.15) is 0 Å². The van der Waals surface area contributed by atoms with E-state index >= 15 is 0 Å². The fourth-order valence-corrected chi connectivity index (χ4v) is 2.92. The molecule has 8 heteroatoms. The Labute approximate surface area is 186 Å². The molecule has 2 rings (SSSR count). The molecular formula is C23H39NO7. The van der Waals surface area contributed by atoms with Crippen LogP contribution in [0.4, 0.5) is 0 Å². The Morgan fingerprint density at radius 2 is 0.774 bits per heavy atom. The second kappa shape index (κ2) is 19.6. The van der Waals surface area contributed by atoms with Crippen LogP contribution < -0.4 is 0 Å². The predicted octanol–water partition coefficient (Wildman–Crippen LogP) is 1.62. The van der Waals surface area contributed by atoms with E-state index in [1.54, 1.807) is 0 Å². The summed E-state index contributed by atoms with van der Waals surface area (Å²) in [4.78, 5) is 2.35. The van der Waals surface area contributed by atoms with Crippen molar-refractivity contribution in [2.24, 2.45) is 0 Å².